The summed E-state index contributed by atoms with van der Waals surface area (Å²) in [5.41, 5.74) is 0.566. The zero-order valence-electron chi connectivity index (χ0n) is 10.7. The number of benzene rings is 1. The van der Waals surface area contributed by atoms with Crippen molar-refractivity contribution in [2.24, 2.45) is 5.92 Å². The van der Waals surface area contributed by atoms with Gasteiger partial charge in [0.15, 0.2) is 0 Å². The molecule has 0 aliphatic rings. The van der Waals surface area contributed by atoms with Crippen molar-refractivity contribution in [3.8, 4) is 5.75 Å². The summed E-state index contributed by atoms with van der Waals surface area (Å²) in [6, 6.07) is 6.95. The highest BCUT2D eigenvalue weighted by Crippen LogP contribution is 2.13. The van der Waals surface area contributed by atoms with Crippen LogP contribution in [0.25, 0.3) is 0 Å². The third kappa shape index (κ3) is 4.10. The van der Waals surface area contributed by atoms with E-state index in [0.717, 1.165) is 18.6 Å². The molecule has 0 amide bonds. The summed E-state index contributed by atoms with van der Waals surface area (Å²) in [5.74, 6) is 0.929. The third-order valence-corrected chi connectivity index (χ3v) is 2.93. The van der Waals surface area contributed by atoms with Crippen LogP contribution in [0.4, 0.5) is 0 Å². The standard InChI is InChI=1S/C14H20O3/c1-4-11(5-2)10-17-14(15)12-6-8-13(16-3)9-7-12/h6-9,11H,4-5,10H2,1-3H3. The predicted octanol–water partition coefficient (Wildman–Crippen LogP) is 3.29. The lowest BCUT2D eigenvalue weighted by Gasteiger charge is -2.12. The van der Waals surface area contributed by atoms with Gasteiger partial charge in [0.25, 0.3) is 0 Å². The summed E-state index contributed by atoms with van der Waals surface area (Å²) in [4.78, 5) is 11.7. The van der Waals surface area contributed by atoms with Crippen LogP contribution < -0.4 is 4.74 Å². The SMILES string of the molecule is CCC(CC)COC(=O)c1ccc(OC)cc1. The van der Waals surface area contributed by atoms with E-state index >= 15 is 0 Å². The minimum absolute atomic E-state index is 0.264. The summed E-state index contributed by atoms with van der Waals surface area (Å²) in [6.07, 6.45) is 2.07. The lowest BCUT2D eigenvalue weighted by Crippen LogP contribution is -2.13. The Hall–Kier alpha value is -1.51. The fraction of sp³-hybridized carbons (Fsp3) is 0.500. The van der Waals surface area contributed by atoms with Crippen LogP contribution in [-0.2, 0) is 4.74 Å². The van der Waals surface area contributed by atoms with E-state index in [0.29, 0.717) is 18.1 Å². The quantitative estimate of drug-likeness (QED) is 0.711. The maximum atomic E-state index is 11.7. The molecule has 1 rings (SSSR count). The Morgan fingerprint density at radius 1 is 1.18 bits per heavy atom. The van der Waals surface area contributed by atoms with E-state index in [4.69, 9.17) is 9.47 Å². The average molecular weight is 236 g/mol. The Morgan fingerprint density at radius 3 is 2.24 bits per heavy atom. The molecular formula is C14H20O3. The molecule has 0 radical (unpaired) electrons. The molecule has 0 N–H and O–H groups in total. The first kappa shape index (κ1) is 13.6. The van der Waals surface area contributed by atoms with Crippen LogP contribution in [0.5, 0.6) is 5.75 Å². The molecule has 0 heterocycles. The number of hydrogen-bond acceptors (Lipinski definition) is 3. The van der Waals surface area contributed by atoms with Gasteiger partial charge in [-0.1, -0.05) is 26.7 Å². The van der Waals surface area contributed by atoms with Gasteiger partial charge in [-0.3, -0.25) is 0 Å². The van der Waals surface area contributed by atoms with Gasteiger partial charge in [-0.05, 0) is 30.2 Å². The van der Waals surface area contributed by atoms with Gasteiger partial charge in [0.2, 0.25) is 0 Å². The third-order valence-electron chi connectivity index (χ3n) is 2.93. The molecule has 1 aromatic rings. The Morgan fingerprint density at radius 2 is 1.76 bits per heavy atom. The second kappa shape index (κ2) is 6.94. The summed E-state index contributed by atoms with van der Waals surface area (Å²) >= 11 is 0. The zero-order chi connectivity index (χ0) is 12.7. The first-order valence-corrected chi connectivity index (χ1v) is 6.02. The van der Waals surface area contributed by atoms with Gasteiger partial charge >= 0.3 is 5.97 Å². The molecule has 0 atom stereocenters. The molecular weight excluding hydrogens is 216 g/mol. The molecule has 0 bridgehead atoms. The number of esters is 1. The molecule has 0 aromatic heterocycles. The maximum absolute atomic E-state index is 11.7. The first-order chi connectivity index (χ1) is 8.21. The Kier molecular flexibility index (Phi) is 5.53. The van der Waals surface area contributed by atoms with Crippen molar-refractivity contribution in [2.45, 2.75) is 26.7 Å². The molecule has 0 saturated carbocycles. The number of methoxy groups -OCH3 is 1. The van der Waals surface area contributed by atoms with E-state index in [9.17, 15) is 4.79 Å². The zero-order valence-corrected chi connectivity index (χ0v) is 10.7. The summed E-state index contributed by atoms with van der Waals surface area (Å²) in [5, 5.41) is 0. The monoisotopic (exact) mass is 236 g/mol. The number of carbonyl (C=O) groups excluding carboxylic acids is 1. The second-order valence-corrected chi connectivity index (χ2v) is 4.01. The van der Waals surface area contributed by atoms with Crippen LogP contribution in [0.15, 0.2) is 24.3 Å². The molecule has 1 aromatic carbocycles. The lowest BCUT2D eigenvalue weighted by atomic mass is 10.1. The van der Waals surface area contributed by atoms with Crippen LogP contribution in [0.1, 0.15) is 37.0 Å². The summed E-state index contributed by atoms with van der Waals surface area (Å²) in [7, 11) is 1.60. The second-order valence-electron chi connectivity index (χ2n) is 4.01. The van der Waals surface area contributed by atoms with Crippen LogP contribution in [0.2, 0.25) is 0 Å². The number of carbonyl (C=O) groups is 1. The van der Waals surface area contributed by atoms with E-state index in [1.54, 1.807) is 31.4 Å². The fourth-order valence-corrected chi connectivity index (χ4v) is 1.53. The minimum Gasteiger partial charge on any atom is -0.497 e. The summed E-state index contributed by atoms with van der Waals surface area (Å²) in [6.45, 7) is 4.71. The Bertz CT molecular complexity index is 339. The summed E-state index contributed by atoms with van der Waals surface area (Å²) < 4.78 is 10.3. The molecule has 94 valence electrons. The van der Waals surface area contributed by atoms with Gasteiger partial charge < -0.3 is 9.47 Å². The maximum Gasteiger partial charge on any atom is 0.338 e. The lowest BCUT2D eigenvalue weighted by molar-refractivity contribution is 0.0433. The van der Waals surface area contributed by atoms with Crippen molar-refractivity contribution in [3.63, 3.8) is 0 Å². The number of hydrogen-bond donors (Lipinski definition) is 0. The highest BCUT2D eigenvalue weighted by molar-refractivity contribution is 5.89. The van der Waals surface area contributed by atoms with E-state index < -0.39 is 0 Å². The Labute approximate surface area is 103 Å². The van der Waals surface area contributed by atoms with Crippen LogP contribution in [0, 0.1) is 5.92 Å². The highest BCUT2D eigenvalue weighted by Gasteiger charge is 2.10. The van der Waals surface area contributed by atoms with Gasteiger partial charge in [-0.15, -0.1) is 0 Å². The van der Waals surface area contributed by atoms with E-state index in [2.05, 4.69) is 13.8 Å². The van der Waals surface area contributed by atoms with Crippen molar-refractivity contribution >= 4 is 5.97 Å². The van der Waals surface area contributed by atoms with Crippen LogP contribution in [0.3, 0.4) is 0 Å². The van der Waals surface area contributed by atoms with Crippen LogP contribution >= 0.6 is 0 Å². The van der Waals surface area contributed by atoms with Crippen LogP contribution in [-0.4, -0.2) is 19.7 Å². The number of ether oxygens (including phenoxy) is 2. The van der Waals surface area contributed by atoms with Gasteiger partial charge in [-0.25, -0.2) is 4.79 Å². The first-order valence-electron chi connectivity index (χ1n) is 6.02. The molecule has 17 heavy (non-hydrogen) atoms. The molecule has 0 aliphatic carbocycles. The smallest absolute Gasteiger partial charge is 0.338 e. The van der Waals surface area contributed by atoms with Crippen molar-refractivity contribution in [3.05, 3.63) is 29.8 Å². The molecule has 0 aliphatic heterocycles. The molecule has 3 heteroatoms. The van der Waals surface area contributed by atoms with E-state index in [1.165, 1.54) is 0 Å². The van der Waals surface area contributed by atoms with Crippen molar-refractivity contribution in [1.29, 1.82) is 0 Å². The molecule has 0 saturated heterocycles. The minimum atomic E-state index is -0.264. The average Bonchev–Trinajstić information content (AvgIpc) is 2.39. The normalized spacial score (nSPS) is 10.4. The molecule has 0 unspecified atom stereocenters. The van der Waals surface area contributed by atoms with E-state index in [-0.39, 0.29) is 5.97 Å². The predicted molar refractivity (Wildman–Crippen MR) is 67.3 cm³/mol. The van der Waals surface area contributed by atoms with Gasteiger partial charge in [-0.2, -0.15) is 0 Å². The number of rotatable bonds is 6. The molecule has 0 spiro atoms. The van der Waals surface area contributed by atoms with Gasteiger partial charge in [0.05, 0.1) is 19.3 Å². The van der Waals surface area contributed by atoms with Crippen molar-refractivity contribution in [1.82, 2.24) is 0 Å². The Balaban J connectivity index is 2.51. The van der Waals surface area contributed by atoms with Crippen molar-refractivity contribution in [2.75, 3.05) is 13.7 Å². The van der Waals surface area contributed by atoms with Crippen molar-refractivity contribution < 1.29 is 14.3 Å². The fourth-order valence-electron chi connectivity index (χ4n) is 1.53. The van der Waals surface area contributed by atoms with Gasteiger partial charge in [0.1, 0.15) is 5.75 Å². The molecule has 3 nitrogen and oxygen atoms in total. The molecule has 0 fully saturated rings. The largest absolute Gasteiger partial charge is 0.497 e. The topological polar surface area (TPSA) is 35.5 Å². The highest BCUT2D eigenvalue weighted by atomic mass is 16.5. The van der Waals surface area contributed by atoms with E-state index in [1.807, 2.05) is 0 Å². The van der Waals surface area contributed by atoms with Gasteiger partial charge in [0, 0.05) is 0 Å².